The maximum atomic E-state index is 11.4. The Labute approximate surface area is 86.3 Å². The molecule has 2 N–H and O–H groups in total. The summed E-state index contributed by atoms with van der Waals surface area (Å²) >= 11 is 1.06. The molecule has 0 aromatic carbocycles. The van der Waals surface area contributed by atoms with Gasteiger partial charge in [0.15, 0.2) is 0 Å². The van der Waals surface area contributed by atoms with Gasteiger partial charge in [-0.05, 0) is 31.8 Å². The van der Waals surface area contributed by atoms with E-state index in [0.717, 1.165) is 11.5 Å². The van der Waals surface area contributed by atoms with Gasteiger partial charge < -0.3 is 10.4 Å². The van der Waals surface area contributed by atoms with E-state index < -0.39 is 6.10 Å². The predicted molar refractivity (Wildman–Crippen MR) is 53.1 cm³/mol. The van der Waals surface area contributed by atoms with Gasteiger partial charge in [-0.3, -0.25) is 4.79 Å². The highest BCUT2D eigenvalue weighted by molar-refractivity contribution is 7.07. The Balaban J connectivity index is 2.41. The summed E-state index contributed by atoms with van der Waals surface area (Å²) in [6, 6.07) is -0.0513. The second kappa shape index (κ2) is 5.02. The molecule has 14 heavy (non-hydrogen) atoms. The summed E-state index contributed by atoms with van der Waals surface area (Å²) in [7, 11) is 0. The van der Waals surface area contributed by atoms with Gasteiger partial charge in [-0.25, -0.2) is 0 Å². The van der Waals surface area contributed by atoms with Crippen LogP contribution in [0.3, 0.4) is 0 Å². The number of carbonyl (C=O) groups excluding carboxylic acids is 1. The molecule has 0 bridgehead atoms. The molecular weight excluding hydrogens is 202 g/mol. The van der Waals surface area contributed by atoms with Crippen molar-refractivity contribution in [1.29, 1.82) is 0 Å². The van der Waals surface area contributed by atoms with Crippen LogP contribution in [0.1, 0.15) is 29.9 Å². The number of hydrogen-bond donors (Lipinski definition) is 2. The molecule has 0 saturated heterocycles. The fraction of sp³-hybridized carbons (Fsp3) is 0.625. The van der Waals surface area contributed by atoms with Crippen LogP contribution < -0.4 is 5.32 Å². The lowest BCUT2D eigenvalue weighted by Gasteiger charge is -2.14. The van der Waals surface area contributed by atoms with Crippen LogP contribution in [-0.2, 0) is 0 Å². The number of nitrogens with one attached hydrogen (secondary N) is 1. The largest absolute Gasteiger partial charge is 0.393 e. The SMILES string of the molecule is CC(O)CC(C)NC(=O)c1cnns1. The van der Waals surface area contributed by atoms with Gasteiger partial charge in [0.1, 0.15) is 4.88 Å². The Morgan fingerprint density at radius 3 is 2.93 bits per heavy atom. The topological polar surface area (TPSA) is 75.1 Å². The van der Waals surface area contributed by atoms with Crippen LogP contribution in [0.25, 0.3) is 0 Å². The lowest BCUT2D eigenvalue weighted by molar-refractivity contribution is 0.0927. The van der Waals surface area contributed by atoms with Crippen molar-refractivity contribution in [3.63, 3.8) is 0 Å². The number of aliphatic hydroxyl groups excluding tert-OH is 1. The quantitative estimate of drug-likeness (QED) is 0.763. The minimum absolute atomic E-state index is 0.0513. The van der Waals surface area contributed by atoms with E-state index in [2.05, 4.69) is 14.9 Å². The monoisotopic (exact) mass is 215 g/mol. The Morgan fingerprint density at radius 1 is 1.71 bits per heavy atom. The Kier molecular flexibility index (Phi) is 3.97. The minimum Gasteiger partial charge on any atom is -0.393 e. The van der Waals surface area contributed by atoms with Crippen molar-refractivity contribution in [2.24, 2.45) is 0 Å². The average Bonchev–Trinajstić information content (AvgIpc) is 2.53. The zero-order chi connectivity index (χ0) is 10.6. The summed E-state index contributed by atoms with van der Waals surface area (Å²) in [5.41, 5.74) is 0. The molecule has 0 aliphatic heterocycles. The summed E-state index contributed by atoms with van der Waals surface area (Å²) in [6.07, 6.45) is 1.55. The number of nitrogens with zero attached hydrogens (tertiary/aromatic N) is 2. The van der Waals surface area contributed by atoms with E-state index in [1.165, 1.54) is 6.20 Å². The molecule has 0 fully saturated rings. The summed E-state index contributed by atoms with van der Waals surface area (Å²) in [4.78, 5) is 11.9. The zero-order valence-corrected chi connectivity index (χ0v) is 8.91. The van der Waals surface area contributed by atoms with Crippen LogP contribution in [0.2, 0.25) is 0 Å². The highest BCUT2D eigenvalue weighted by Crippen LogP contribution is 2.03. The highest BCUT2D eigenvalue weighted by Gasteiger charge is 2.12. The van der Waals surface area contributed by atoms with Crippen molar-refractivity contribution in [3.05, 3.63) is 11.1 Å². The zero-order valence-electron chi connectivity index (χ0n) is 8.10. The third-order valence-electron chi connectivity index (χ3n) is 1.66. The number of aromatic nitrogens is 2. The molecular formula is C8H13N3O2S. The average molecular weight is 215 g/mol. The van der Waals surface area contributed by atoms with Crippen LogP contribution >= 0.6 is 11.5 Å². The number of rotatable bonds is 4. The van der Waals surface area contributed by atoms with Crippen LogP contribution in [0, 0.1) is 0 Å². The van der Waals surface area contributed by atoms with E-state index in [1.54, 1.807) is 6.92 Å². The first-order valence-corrected chi connectivity index (χ1v) is 5.13. The van der Waals surface area contributed by atoms with Crippen molar-refractivity contribution < 1.29 is 9.90 Å². The van der Waals surface area contributed by atoms with E-state index in [-0.39, 0.29) is 11.9 Å². The van der Waals surface area contributed by atoms with Gasteiger partial charge in [-0.2, -0.15) is 0 Å². The van der Waals surface area contributed by atoms with Crippen LogP contribution in [0.4, 0.5) is 0 Å². The Hall–Kier alpha value is -1.01. The lowest BCUT2D eigenvalue weighted by atomic mass is 10.1. The summed E-state index contributed by atoms with van der Waals surface area (Å²) in [5.74, 6) is -0.187. The molecule has 0 radical (unpaired) electrons. The van der Waals surface area contributed by atoms with Crippen LogP contribution in [0.15, 0.2) is 6.20 Å². The standard InChI is InChI=1S/C8H13N3O2S/c1-5(3-6(2)12)10-8(13)7-4-9-11-14-7/h4-6,12H,3H2,1-2H3,(H,10,13). The van der Waals surface area contributed by atoms with E-state index in [4.69, 9.17) is 5.11 Å². The molecule has 1 heterocycles. The second-order valence-corrected chi connectivity index (χ2v) is 4.03. The Morgan fingerprint density at radius 2 is 2.43 bits per heavy atom. The third kappa shape index (κ3) is 3.39. The fourth-order valence-corrected chi connectivity index (χ4v) is 1.55. The number of carbonyl (C=O) groups is 1. The van der Waals surface area contributed by atoms with Crippen molar-refractivity contribution in [1.82, 2.24) is 14.9 Å². The molecule has 0 aliphatic carbocycles. The maximum absolute atomic E-state index is 11.4. The molecule has 0 aliphatic rings. The van der Waals surface area contributed by atoms with Gasteiger partial charge >= 0.3 is 0 Å². The molecule has 2 atom stereocenters. The number of aliphatic hydroxyl groups is 1. The first-order valence-electron chi connectivity index (χ1n) is 4.36. The molecule has 0 spiro atoms. The number of hydrogen-bond acceptors (Lipinski definition) is 5. The lowest BCUT2D eigenvalue weighted by Crippen LogP contribution is -2.34. The minimum atomic E-state index is -0.412. The van der Waals surface area contributed by atoms with Gasteiger partial charge in [0.25, 0.3) is 5.91 Å². The number of amides is 1. The van der Waals surface area contributed by atoms with Gasteiger partial charge in [0.05, 0.1) is 12.3 Å². The molecule has 1 aromatic rings. The van der Waals surface area contributed by atoms with Crippen molar-refractivity contribution in [2.75, 3.05) is 0 Å². The van der Waals surface area contributed by atoms with Crippen molar-refractivity contribution in [2.45, 2.75) is 32.4 Å². The van der Waals surface area contributed by atoms with E-state index in [0.29, 0.717) is 11.3 Å². The predicted octanol–water partition coefficient (Wildman–Crippen LogP) is 0.427. The molecule has 1 rings (SSSR count). The van der Waals surface area contributed by atoms with E-state index in [1.807, 2.05) is 6.92 Å². The molecule has 0 saturated carbocycles. The molecule has 5 nitrogen and oxygen atoms in total. The van der Waals surface area contributed by atoms with Crippen LogP contribution in [-0.4, -0.2) is 32.7 Å². The molecule has 1 amide bonds. The first kappa shape index (κ1) is 11.1. The molecule has 1 aromatic heterocycles. The maximum Gasteiger partial charge on any atom is 0.264 e. The van der Waals surface area contributed by atoms with Gasteiger partial charge in [-0.1, -0.05) is 4.49 Å². The van der Waals surface area contributed by atoms with Crippen molar-refractivity contribution >= 4 is 17.4 Å². The van der Waals surface area contributed by atoms with Crippen molar-refractivity contribution in [3.8, 4) is 0 Å². The molecule has 6 heteroatoms. The van der Waals surface area contributed by atoms with E-state index in [9.17, 15) is 4.79 Å². The summed E-state index contributed by atoms with van der Waals surface area (Å²) in [5, 5.41) is 15.4. The Bertz CT molecular complexity index is 287. The third-order valence-corrected chi connectivity index (χ3v) is 2.32. The second-order valence-electron chi connectivity index (χ2n) is 3.24. The van der Waals surface area contributed by atoms with Gasteiger partial charge in [0.2, 0.25) is 0 Å². The molecule has 2 unspecified atom stereocenters. The molecule has 78 valence electrons. The van der Waals surface area contributed by atoms with Gasteiger partial charge in [0, 0.05) is 6.04 Å². The van der Waals surface area contributed by atoms with E-state index >= 15 is 0 Å². The normalized spacial score (nSPS) is 14.8. The van der Waals surface area contributed by atoms with Gasteiger partial charge in [-0.15, -0.1) is 5.10 Å². The fourth-order valence-electron chi connectivity index (χ4n) is 1.13. The summed E-state index contributed by atoms with van der Waals surface area (Å²) < 4.78 is 3.59. The highest BCUT2D eigenvalue weighted by atomic mass is 32.1. The van der Waals surface area contributed by atoms with Crippen LogP contribution in [0.5, 0.6) is 0 Å². The first-order chi connectivity index (χ1) is 6.59. The summed E-state index contributed by atoms with van der Waals surface area (Å²) in [6.45, 7) is 3.54. The smallest absolute Gasteiger partial charge is 0.264 e.